The van der Waals surface area contributed by atoms with Gasteiger partial charge in [-0.1, -0.05) is 218 Å². The summed E-state index contributed by atoms with van der Waals surface area (Å²) in [5.41, 5.74) is 0. The third kappa shape index (κ3) is 32.6. The Labute approximate surface area is 401 Å². The second-order valence-corrected chi connectivity index (χ2v) is 20.6. The van der Waals surface area contributed by atoms with E-state index in [0.29, 0.717) is 12.8 Å². The van der Waals surface area contributed by atoms with Gasteiger partial charge in [0.25, 0.3) is 0 Å². The van der Waals surface area contributed by atoms with Gasteiger partial charge in [0.05, 0.1) is 31.3 Å². The Bertz CT molecular complexity index is 1230. The molecule has 0 bridgehead atoms. The van der Waals surface area contributed by atoms with E-state index in [1.165, 1.54) is 135 Å². The van der Waals surface area contributed by atoms with E-state index in [-0.39, 0.29) is 12.8 Å². The van der Waals surface area contributed by atoms with E-state index in [9.17, 15) is 50.0 Å². The summed E-state index contributed by atoms with van der Waals surface area (Å²) in [6, 6.07) is -1.15. The minimum Gasteiger partial charge on any atom is -0.393 e. The van der Waals surface area contributed by atoms with Crippen LogP contribution in [0.1, 0.15) is 239 Å². The van der Waals surface area contributed by atoms with Gasteiger partial charge in [0.2, 0.25) is 5.91 Å². The third-order valence-electron chi connectivity index (χ3n) is 13.1. The van der Waals surface area contributed by atoms with Crippen molar-refractivity contribution in [3.05, 3.63) is 24.3 Å². The monoisotopic (exact) mass is 962 g/mol. The number of hydrogen-bond acceptors (Lipinski definition) is 11. The number of carbonyl (C=O) groups is 1. The van der Waals surface area contributed by atoms with E-state index >= 15 is 0 Å². The number of unbranched alkanes of at least 4 members (excludes halogenated alkanes) is 28. The van der Waals surface area contributed by atoms with Crippen LogP contribution in [0.4, 0.5) is 0 Å². The van der Waals surface area contributed by atoms with Gasteiger partial charge in [-0.25, -0.2) is 4.57 Å². The Hall–Kier alpha value is -1.22. The molecule has 1 rings (SSSR count). The summed E-state index contributed by atoms with van der Waals surface area (Å²) in [7, 11) is -5.12. The predicted molar refractivity (Wildman–Crippen MR) is 266 cm³/mol. The quantitative estimate of drug-likeness (QED) is 0.0158. The lowest BCUT2D eigenvalue weighted by Gasteiger charge is -2.41. The van der Waals surface area contributed by atoms with Gasteiger partial charge in [-0.05, 0) is 38.5 Å². The van der Waals surface area contributed by atoms with Crippen LogP contribution < -0.4 is 5.32 Å². The van der Waals surface area contributed by atoms with Gasteiger partial charge in [-0.3, -0.25) is 13.8 Å². The first-order valence-corrected chi connectivity index (χ1v) is 28.4. The smallest absolute Gasteiger partial charge is 0.393 e. The van der Waals surface area contributed by atoms with Crippen LogP contribution in [0.2, 0.25) is 0 Å². The van der Waals surface area contributed by atoms with Gasteiger partial charge in [0.15, 0.2) is 0 Å². The topological polar surface area (TPSA) is 226 Å². The average Bonchev–Trinajstić information content (AvgIpc) is 3.29. The van der Waals surface area contributed by atoms with Crippen molar-refractivity contribution in [1.29, 1.82) is 0 Å². The van der Waals surface area contributed by atoms with Crippen molar-refractivity contribution in [2.45, 2.75) is 293 Å². The fourth-order valence-electron chi connectivity index (χ4n) is 8.76. The highest BCUT2D eigenvalue weighted by Gasteiger charge is 2.51. The van der Waals surface area contributed by atoms with Gasteiger partial charge < -0.3 is 46.0 Å². The van der Waals surface area contributed by atoms with Gasteiger partial charge in [0, 0.05) is 0 Å². The van der Waals surface area contributed by atoms with Crippen LogP contribution >= 0.6 is 7.82 Å². The summed E-state index contributed by atoms with van der Waals surface area (Å²) >= 11 is 0. The van der Waals surface area contributed by atoms with Crippen LogP contribution in [0.25, 0.3) is 0 Å². The van der Waals surface area contributed by atoms with E-state index in [1.807, 2.05) is 0 Å². The molecule has 0 aromatic rings. The highest BCUT2D eigenvalue weighted by Crippen LogP contribution is 2.47. The Morgan fingerprint density at radius 3 is 1.39 bits per heavy atom. The van der Waals surface area contributed by atoms with Crippen molar-refractivity contribution < 1.29 is 59.0 Å². The fourth-order valence-corrected chi connectivity index (χ4v) is 9.72. The summed E-state index contributed by atoms with van der Waals surface area (Å²) in [4.78, 5) is 23.6. The summed E-state index contributed by atoms with van der Waals surface area (Å²) < 4.78 is 23.0. The van der Waals surface area contributed by atoms with E-state index in [2.05, 4.69) is 43.5 Å². The van der Waals surface area contributed by atoms with Crippen molar-refractivity contribution in [2.24, 2.45) is 0 Å². The molecule has 390 valence electrons. The normalized spacial score (nSPS) is 22.5. The number of nitrogens with one attached hydrogen (secondary N) is 1. The predicted octanol–water partition coefficient (Wildman–Crippen LogP) is 10.3. The van der Waals surface area contributed by atoms with Crippen molar-refractivity contribution >= 4 is 13.7 Å². The lowest BCUT2D eigenvalue weighted by atomic mass is 9.85. The molecule has 0 aromatic carbocycles. The molecule has 1 fully saturated rings. The largest absolute Gasteiger partial charge is 0.472 e. The molecule has 0 heterocycles. The number of allylic oxidation sites excluding steroid dienone is 4. The Morgan fingerprint density at radius 2 is 0.939 bits per heavy atom. The van der Waals surface area contributed by atoms with Crippen LogP contribution in [0, 0.1) is 0 Å². The van der Waals surface area contributed by atoms with Crippen LogP contribution in [0.3, 0.4) is 0 Å². The molecule has 1 aliphatic carbocycles. The second-order valence-electron chi connectivity index (χ2n) is 19.2. The molecule has 9 N–H and O–H groups in total. The molecule has 14 heteroatoms. The Kier molecular flexibility index (Phi) is 39.5. The first kappa shape index (κ1) is 62.8. The standard InChI is InChI=1S/C52H100NO12P/c1-3-5-7-9-11-13-15-17-19-21-22-24-25-27-29-31-33-35-37-39-43(54)41-46(56)53-44(42-64-66(62,63)65-52-50(60)48(58)47(57)49(59)51(52)61)45(55)40-38-36-34-32-30-28-26-23-20-18-16-14-12-10-8-6-4-2/h5,7,11,13,43-45,47-52,54-55,57-61H,3-4,6,8-10,12,14-42H2,1-2H3,(H,53,56)(H,62,63)/b7-5-,13-11-. The first-order valence-electron chi connectivity index (χ1n) is 26.9. The van der Waals surface area contributed by atoms with Gasteiger partial charge in [0.1, 0.15) is 36.6 Å². The minimum atomic E-state index is -5.12. The number of rotatable bonds is 45. The molecular weight excluding hydrogens is 862 g/mol. The maximum Gasteiger partial charge on any atom is 0.472 e. The molecule has 66 heavy (non-hydrogen) atoms. The molecule has 0 saturated heterocycles. The lowest BCUT2D eigenvalue weighted by Crippen LogP contribution is -2.64. The zero-order valence-corrected chi connectivity index (χ0v) is 42.5. The summed E-state index contributed by atoms with van der Waals surface area (Å²) in [6.07, 6.45) is 33.6. The number of aliphatic hydroxyl groups excluding tert-OH is 7. The van der Waals surface area contributed by atoms with Crippen molar-refractivity contribution in [3.8, 4) is 0 Å². The second kappa shape index (κ2) is 41.6. The first-order chi connectivity index (χ1) is 31.8. The van der Waals surface area contributed by atoms with Gasteiger partial charge in [-0.2, -0.15) is 0 Å². The zero-order chi connectivity index (χ0) is 48.7. The molecule has 13 nitrogen and oxygen atoms in total. The number of amides is 1. The Morgan fingerprint density at radius 1 is 0.545 bits per heavy atom. The van der Waals surface area contributed by atoms with E-state index in [0.717, 1.165) is 64.2 Å². The van der Waals surface area contributed by atoms with Crippen LogP contribution in [0.5, 0.6) is 0 Å². The molecule has 1 aliphatic rings. The SMILES string of the molecule is CC/C=C\C/C=C\CCCCCCCCCCCCCCC(O)CC(=O)NC(COP(=O)(O)OC1C(O)C(O)C(O)C(O)C1O)C(O)CCCCCCCCCCCCCCCCCCC. The summed E-state index contributed by atoms with van der Waals surface area (Å²) in [6.45, 7) is 3.72. The minimum absolute atomic E-state index is 0.221. The maximum atomic E-state index is 13.1. The van der Waals surface area contributed by atoms with Crippen LogP contribution in [0.15, 0.2) is 24.3 Å². The van der Waals surface area contributed by atoms with E-state index in [1.54, 1.807) is 0 Å². The van der Waals surface area contributed by atoms with Gasteiger partial charge in [-0.15, -0.1) is 0 Å². The van der Waals surface area contributed by atoms with Crippen molar-refractivity contribution in [2.75, 3.05) is 6.61 Å². The highest BCUT2D eigenvalue weighted by molar-refractivity contribution is 7.47. The molecule has 1 amide bonds. The lowest BCUT2D eigenvalue weighted by molar-refractivity contribution is -0.220. The zero-order valence-electron chi connectivity index (χ0n) is 41.6. The molecule has 0 aromatic heterocycles. The van der Waals surface area contributed by atoms with Crippen LogP contribution in [-0.2, 0) is 18.4 Å². The number of carbonyl (C=O) groups excluding carboxylic acids is 1. The van der Waals surface area contributed by atoms with Crippen molar-refractivity contribution in [3.63, 3.8) is 0 Å². The average molecular weight is 962 g/mol. The molecule has 8 unspecified atom stereocenters. The third-order valence-corrected chi connectivity index (χ3v) is 14.1. The molecule has 1 saturated carbocycles. The molecular formula is C52H100NO12P. The fraction of sp³-hybridized carbons (Fsp3) is 0.904. The Balaban J connectivity index is 2.42. The van der Waals surface area contributed by atoms with Gasteiger partial charge >= 0.3 is 7.82 Å². The number of aliphatic hydroxyl groups is 7. The molecule has 8 atom stereocenters. The maximum absolute atomic E-state index is 13.1. The van der Waals surface area contributed by atoms with Crippen LogP contribution in [-0.4, -0.2) is 108 Å². The van der Waals surface area contributed by atoms with Crippen molar-refractivity contribution in [1.82, 2.24) is 5.32 Å². The number of phosphoric acid groups is 1. The number of hydrogen-bond donors (Lipinski definition) is 9. The summed E-state index contributed by atoms with van der Waals surface area (Å²) in [5.74, 6) is -0.558. The molecule has 0 aliphatic heterocycles. The molecule has 0 spiro atoms. The van der Waals surface area contributed by atoms with E-state index in [4.69, 9.17) is 9.05 Å². The highest BCUT2D eigenvalue weighted by atomic mass is 31.2. The molecule has 0 radical (unpaired) electrons. The van der Waals surface area contributed by atoms with E-state index < -0.39 is 75.2 Å². The summed E-state index contributed by atoms with van der Waals surface area (Å²) in [5, 5.41) is 74.9. The number of phosphoric ester groups is 1.